The number of ether oxygens (including phenoxy) is 1. The first-order chi connectivity index (χ1) is 18.7. The molecule has 12 nitrogen and oxygen atoms in total. The Kier molecular flexibility index (Phi) is 10.2. The van der Waals surface area contributed by atoms with E-state index in [0.717, 1.165) is 43.7 Å². The zero-order valence-corrected chi connectivity index (χ0v) is 22.1. The van der Waals surface area contributed by atoms with E-state index in [-0.39, 0.29) is 34.9 Å². The molecule has 13 heteroatoms. The van der Waals surface area contributed by atoms with Crippen LogP contribution < -0.4 is 11.5 Å². The van der Waals surface area contributed by atoms with Gasteiger partial charge >= 0.3 is 5.97 Å². The summed E-state index contributed by atoms with van der Waals surface area (Å²) >= 11 is 0. The molecular formula is C26H30N6O6S. The Bertz CT molecular complexity index is 1490. The first-order valence-corrected chi connectivity index (χ1v) is 13.5. The number of aliphatic hydroxyl groups excluding tert-OH is 1. The van der Waals surface area contributed by atoms with Gasteiger partial charge in [0.1, 0.15) is 22.0 Å². The van der Waals surface area contributed by atoms with Gasteiger partial charge in [0.15, 0.2) is 0 Å². The number of aryl methyl sites for hydroxylation is 1. The number of esters is 1. The predicted octanol–water partition coefficient (Wildman–Crippen LogP) is 5.81. The first-order valence-electron chi connectivity index (χ1n) is 12.1. The zero-order chi connectivity index (χ0) is 28.4. The van der Waals surface area contributed by atoms with Crippen LogP contribution in [0.4, 0.5) is 34.1 Å². The number of rotatable bonds is 12. The van der Waals surface area contributed by atoms with Gasteiger partial charge in [-0.15, -0.1) is 15.3 Å². The quantitative estimate of drug-likeness (QED) is 0.0705. The fraction of sp³-hybridized carbons (Fsp3) is 0.269. The van der Waals surface area contributed by atoms with Crippen LogP contribution in [0, 0.1) is 0 Å². The molecule has 3 aromatic carbocycles. The molecule has 3 aromatic rings. The maximum absolute atomic E-state index is 12.0. The molecular weight excluding hydrogens is 524 g/mol. The topological polar surface area (TPSA) is 202 Å². The minimum absolute atomic E-state index is 0.126. The van der Waals surface area contributed by atoms with E-state index in [0.29, 0.717) is 5.69 Å². The monoisotopic (exact) mass is 554 g/mol. The van der Waals surface area contributed by atoms with Gasteiger partial charge in [-0.2, -0.15) is 13.5 Å². The van der Waals surface area contributed by atoms with Crippen molar-refractivity contribution in [3.05, 3.63) is 65.7 Å². The third-order valence-electron chi connectivity index (χ3n) is 5.72. The van der Waals surface area contributed by atoms with Crippen LogP contribution in [0.15, 0.2) is 79.9 Å². The summed E-state index contributed by atoms with van der Waals surface area (Å²) in [5, 5.41) is 25.2. The number of benzene rings is 3. The van der Waals surface area contributed by atoms with Crippen LogP contribution >= 0.6 is 0 Å². The van der Waals surface area contributed by atoms with E-state index in [1.165, 1.54) is 19.2 Å². The molecule has 0 saturated heterocycles. The molecule has 0 unspecified atom stereocenters. The highest BCUT2D eigenvalue weighted by molar-refractivity contribution is 7.86. The van der Waals surface area contributed by atoms with E-state index in [1.54, 1.807) is 18.2 Å². The second kappa shape index (κ2) is 13.6. The lowest BCUT2D eigenvalue weighted by atomic mass is 10.1. The average molecular weight is 555 g/mol. The largest absolute Gasteiger partial charge is 0.465 e. The summed E-state index contributed by atoms with van der Waals surface area (Å²) < 4.78 is 38.5. The number of aliphatic hydroxyl groups is 1. The molecule has 0 amide bonds. The summed E-state index contributed by atoms with van der Waals surface area (Å²) in [5.41, 5.74) is 13.1. The predicted molar refractivity (Wildman–Crippen MR) is 147 cm³/mol. The summed E-state index contributed by atoms with van der Waals surface area (Å²) in [6.45, 7) is 0.185. The average Bonchev–Trinajstić information content (AvgIpc) is 2.91. The number of unbranched alkanes of at least 4 members (excludes halogenated alkanes) is 3. The van der Waals surface area contributed by atoms with E-state index >= 15 is 0 Å². The molecule has 0 aromatic heterocycles. The lowest BCUT2D eigenvalue weighted by Crippen LogP contribution is -2.05. The SMILES string of the molecule is COC(=O)c1ccccc1N=Nc1cc(S(=O)(=O)O)c(N)c(N=Nc2cccc(CCCCCCO)c2)c1N. The normalized spacial score (nSPS) is 11.9. The van der Waals surface area contributed by atoms with Crippen LogP contribution in [0.25, 0.3) is 0 Å². The molecule has 0 aliphatic rings. The Morgan fingerprint density at radius 1 is 0.872 bits per heavy atom. The molecule has 0 atom stereocenters. The third kappa shape index (κ3) is 7.89. The Morgan fingerprint density at radius 2 is 1.59 bits per heavy atom. The van der Waals surface area contributed by atoms with Crippen LogP contribution in [0.2, 0.25) is 0 Å². The van der Waals surface area contributed by atoms with Gasteiger partial charge in [-0.05, 0) is 55.2 Å². The fourth-order valence-electron chi connectivity index (χ4n) is 3.69. The maximum atomic E-state index is 12.0. The second-order valence-electron chi connectivity index (χ2n) is 8.51. The number of azo groups is 2. The highest BCUT2D eigenvalue weighted by Crippen LogP contribution is 2.43. The summed E-state index contributed by atoms with van der Waals surface area (Å²) in [4.78, 5) is 11.4. The second-order valence-corrected chi connectivity index (χ2v) is 9.90. The molecule has 6 N–H and O–H groups in total. The molecule has 0 fully saturated rings. The van der Waals surface area contributed by atoms with Crippen molar-refractivity contribution in [3.8, 4) is 0 Å². The van der Waals surface area contributed by atoms with E-state index in [2.05, 4.69) is 20.5 Å². The van der Waals surface area contributed by atoms with Crippen molar-refractivity contribution in [3.63, 3.8) is 0 Å². The molecule has 39 heavy (non-hydrogen) atoms. The lowest BCUT2D eigenvalue weighted by molar-refractivity contribution is 0.0601. The maximum Gasteiger partial charge on any atom is 0.340 e. The highest BCUT2D eigenvalue weighted by Gasteiger charge is 2.22. The molecule has 0 radical (unpaired) electrons. The number of nitrogens with zero attached hydrogens (tertiary/aromatic N) is 4. The van der Waals surface area contributed by atoms with Gasteiger partial charge in [0, 0.05) is 6.61 Å². The van der Waals surface area contributed by atoms with Crippen molar-refractivity contribution >= 4 is 50.2 Å². The molecule has 0 saturated carbocycles. The number of nitrogens with two attached hydrogens (primary N) is 2. The van der Waals surface area contributed by atoms with Gasteiger partial charge in [-0.1, -0.05) is 37.1 Å². The van der Waals surface area contributed by atoms with Gasteiger partial charge in [0.05, 0.1) is 29.7 Å². The van der Waals surface area contributed by atoms with Gasteiger partial charge < -0.3 is 21.3 Å². The number of hydrogen-bond acceptors (Lipinski definition) is 11. The number of carbonyl (C=O) groups excluding carboxylic acids is 1. The Balaban J connectivity index is 1.97. The van der Waals surface area contributed by atoms with E-state index in [4.69, 9.17) is 21.3 Å². The Labute approximate surface area is 226 Å². The van der Waals surface area contributed by atoms with E-state index in [9.17, 15) is 17.8 Å². The van der Waals surface area contributed by atoms with Crippen molar-refractivity contribution in [2.75, 3.05) is 25.2 Å². The highest BCUT2D eigenvalue weighted by atomic mass is 32.2. The van der Waals surface area contributed by atoms with Crippen molar-refractivity contribution in [1.29, 1.82) is 0 Å². The Hall–Kier alpha value is -4.20. The molecule has 0 spiro atoms. The smallest absolute Gasteiger partial charge is 0.340 e. The van der Waals surface area contributed by atoms with Crippen molar-refractivity contribution < 1.29 is 27.6 Å². The lowest BCUT2D eigenvalue weighted by Gasteiger charge is -2.10. The molecule has 3 rings (SSSR count). The molecule has 0 aliphatic carbocycles. The summed E-state index contributed by atoms with van der Waals surface area (Å²) in [6, 6.07) is 14.5. The van der Waals surface area contributed by atoms with Gasteiger partial charge in [0.2, 0.25) is 0 Å². The van der Waals surface area contributed by atoms with Crippen LogP contribution in [-0.4, -0.2) is 37.8 Å². The number of carbonyl (C=O) groups is 1. The number of nitrogen functional groups attached to an aromatic ring is 2. The van der Waals surface area contributed by atoms with Gasteiger partial charge in [-0.3, -0.25) is 4.55 Å². The molecule has 0 aliphatic heterocycles. The van der Waals surface area contributed by atoms with E-state index < -0.39 is 26.7 Å². The Morgan fingerprint density at radius 3 is 2.31 bits per heavy atom. The fourth-order valence-corrected chi connectivity index (χ4v) is 4.33. The van der Waals surface area contributed by atoms with Gasteiger partial charge in [-0.25, -0.2) is 4.79 Å². The standard InChI is InChI=1S/C26H30N6O6S/c1-38-26(34)19-12-5-6-13-20(19)30-31-21-16-22(39(35,36)37)24(28)25(23(21)27)32-29-18-11-8-10-17(15-18)9-4-2-3-7-14-33/h5-6,8,10-13,15-16,33H,2-4,7,9,14,27-28H2,1H3,(H,35,36,37). The number of hydrogen-bond donors (Lipinski definition) is 4. The van der Waals surface area contributed by atoms with Gasteiger partial charge in [0.25, 0.3) is 10.1 Å². The molecule has 0 heterocycles. The minimum Gasteiger partial charge on any atom is -0.465 e. The van der Waals surface area contributed by atoms with Crippen LogP contribution in [-0.2, 0) is 21.3 Å². The third-order valence-corrected chi connectivity index (χ3v) is 6.62. The van der Waals surface area contributed by atoms with Crippen LogP contribution in [0.1, 0.15) is 41.6 Å². The van der Waals surface area contributed by atoms with E-state index in [1.807, 2.05) is 18.2 Å². The van der Waals surface area contributed by atoms with Crippen molar-refractivity contribution in [2.45, 2.75) is 37.0 Å². The zero-order valence-electron chi connectivity index (χ0n) is 21.3. The first kappa shape index (κ1) is 29.4. The summed E-state index contributed by atoms with van der Waals surface area (Å²) in [5.74, 6) is -0.643. The number of anilines is 2. The molecule has 206 valence electrons. The van der Waals surface area contributed by atoms with Crippen LogP contribution in [0.5, 0.6) is 0 Å². The number of methoxy groups -OCH3 is 1. The molecule has 0 bridgehead atoms. The van der Waals surface area contributed by atoms with Crippen molar-refractivity contribution in [2.24, 2.45) is 20.5 Å². The minimum atomic E-state index is -4.78. The summed E-state index contributed by atoms with van der Waals surface area (Å²) in [7, 11) is -3.56. The summed E-state index contributed by atoms with van der Waals surface area (Å²) in [6.07, 6.45) is 4.48. The van der Waals surface area contributed by atoms with Crippen molar-refractivity contribution in [1.82, 2.24) is 0 Å². The van der Waals surface area contributed by atoms with Crippen LogP contribution in [0.3, 0.4) is 0 Å².